The molecule has 0 radical (unpaired) electrons. The third-order valence-corrected chi connectivity index (χ3v) is 4.68. The molecule has 0 aromatic heterocycles. The van der Waals surface area contributed by atoms with Crippen LogP contribution in [0.4, 0.5) is 0 Å². The van der Waals surface area contributed by atoms with E-state index in [1.165, 1.54) is 24.0 Å². The Labute approximate surface area is 129 Å². The largest absolute Gasteiger partial charge is 0.377 e. The van der Waals surface area contributed by atoms with Gasteiger partial charge in [0.25, 0.3) is 0 Å². The van der Waals surface area contributed by atoms with Crippen LogP contribution in [0.1, 0.15) is 50.8 Å². The van der Waals surface area contributed by atoms with Crippen molar-refractivity contribution in [2.24, 2.45) is 5.73 Å². The maximum Gasteiger partial charge on any atom is 0.0702 e. The average Bonchev–Trinajstić information content (AvgIpc) is 2.54. The van der Waals surface area contributed by atoms with Crippen LogP contribution in [0, 0.1) is 0 Å². The molecule has 3 nitrogen and oxygen atoms in total. The Balaban J connectivity index is 1.98. The second-order valence-electron chi connectivity index (χ2n) is 6.08. The summed E-state index contributed by atoms with van der Waals surface area (Å²) >= 11 is 0. The van der Waals surface area contributed by atoms with Gasteiger partial charge >= 0.3 is 0 Å². The second-order valence-corrected chi connectivity index (χ2v) is 6.08. The third kappa shape index (κ3) is 4.29. The third-order valence-electron chi connectivity index (χ3n) is 4.68. The van der Waals surface area contributed by atoms with E-state index in [9.17, 15) is 0 Å². The molecule has 2 N–H and O–H groups in total. The fourth-order valence-electron chi connectivity index (χ4n) is 3.19. The highest BCUT2D eigenvalue weighted by molar-refractivity contribution is 5.25. The quantitative estimate of drug-likeness (QED) is 0.874. The van der Waals surface area contributed by atoms with Crippen LogP contribution >= 0.6 is 0 Å². The normalized spacial score (nSPS) is 23.0. The number of nitrogens with zero attached hydrogens (tertiary/aromatic N) is 1. The highest BCUT2D eigenvalue weighted by atomic mass is 16.5. The first-order valence-electron chi connectivity index (χ1n) is 8.35. The van der Waals surface area contributed by atoms with Gasteiger partial charge in [0.2, 0.25) is 0 Å². The zero-order valence-electron chi connectivity index (χ0n) is 13.7. The fraction of sp³-hybridized carbons (Fsp3) is 0.667. The minimum atomic E-state index is 0.0660. The minimum Gasteiger partial charge on any atom is -0.377 e. The molecule has 2 rings (SSSR count). The van der Waals surface area contributed by atoms with Crippen molar-refractivity contribution in [3.63, 3.8) is 0 Å². The van der Waals surface area contributed by atoms with Crippen molar-refractivity contribution in [2.75, 3.05) is 19.7 Å². The van der Waals surface area contributed by atoms with Crippen LogP contribution < -0.4 is 5.73 Å². The summed E-state index contributed by atoms with van der Waals surface area (Å²) in [6, 6.07) is 9.17. The smallest absolute Gasteiger partial charge is 0.0702 e. The lowest BCUT2D eigenvalue weighted by Gasteiger charge is -2.39. The van der Waals surface area contributed by atoms with Gasteiger partial charge < -0.3 is 10.5 Å². The van der Waals surface area contributed by atoms with Crippen LogP contribution in [0.15, 0.2) is 24.3 Å². The van der Waals surface area contributed by atoms with Gasteiger partial charge in [0.15, 0.2) is 0 Å². The van der Waals surface area contributed by atoms with Gasteiger partial charge in [-0.05, 0) is 50.8 Å². The summed E-state index contributed by atoms with van der Waals surface area (Å²) in [6.45, 7) is 9.44. The number of hydrogen-bond donors (Lipinski definition) is 1. The van der Waals surface area contributed by atoms with E-state index < -0.39 is 0 Å². The van der Waals surface area contributed by atoms with Crippen molar-refractivity contribution in [2.45, 2.75) is 58.2 Å². The van der Waals surface area contributed by atoms with Gasteiger partial charge in [-0.15, -0.1) is 0 Å². The first kappa shape index (κ1) is 16.5. The van der Waals surface area contributed by atoms with Crippen LogP contribution in [-0.4, -0.2) is 36.7 Å². The fourth-order valence-corrected chi connectivity index (χ4v) is 3.19. The van der Waals surface area contributed by atoms with Crippen LogP contribution in [0.5, 0.6) is 0 Å². The summed E-state index contributed by atoms with van der Waals surface area (Å²) in [5, 5.41) is 0. The van der Waals surface area contributed by atoms with E-state index in [1.54, 1.807) is 0 Å². The Morgan fingerprint density at radius 2 is 2.00 bits per heavy atom. The summed E-state index contributed by atoms with van der Waals surface area (Å²) in [6.07, 6.45) is 3.84. The zero-order chi connectivity index (χ0) is 15.2. The van der Waals surface area contributed by atoms with E-state index in [0.717, 1.165) is 26.1 Å². The highest BCUT2D eigenvalue weighted by Gasteiger charge is 2.27. The second kappa shape index (κ2) is 7.92. The number of ether oxygens (including phenoxy) is 1. The topological polar surface area (TPSA) is 38.5 Å². The predicted molar refractivity (Wildman–Crippen MR) is 88.4 cm³/mol. The van der Waals surface area contributed by atoms with Crippen molar-refractivity contribution in [1.82, 2.24) is 4.90 Å². The Bertz CT molecular complexity index is 416. The van der Waals surface area contributed by atoms with Gasteiger partial charge in [-0.25, -0.2) is 0 Å². The standard InChI is InChI=1S/C18H30N2O/c1-4-15-8-10-16(11-9-15)18(19)14(3)20-12-6-7-17(13-20)21-5-2/h8-11,14,17-18H,4-7,12-13,19H2,1-3H3. The maximum atomic E-state index is 6.50. The molecule has 1 aromatic rings. The molecule has 3 unspecified atom stereocenters. The summed E-state index contributed by atoms with van der Waals surface area (Å²) in [5.74, 6) is 0. The minimum absolute atomic E-state index is 0.0660. The summed E-state index contributed by atoms with van der Waals surface area (Å²) < 4.78 is 5.80. The average molecular weight is 290 g/mol. The first-order chi connectivity index (χ1) is 10.2. The number of nitrogens with two attached hydrogens (primary N) is 1. The molecular weight excluding hydrogens is 260 g/mol. The molecule has 1 saturated heterocycles. The van der Waals surface area contributed by atoms with Crippen molar-refractivity contribution < 1.29 is 4.74 Å². The molecule has 1 aromatic carbocycles. The number of likely N-dealkylation sites (tertiary alicyclic amines) is 1. The molecule has 0 amide bonds. The Kier molecular flexibility index (Phi) is 6.22. The summed E-state index contributed by atoms with van der Waals surface area (Å²) in [4.78, 5) is 2.49. The molecule has 1 aliphatic heterocycles. The maximum absolute atomic E-state index is 6.50. The lowest BCUT2D eigenvalue weighted by Crippen LogP contribution is -2.48. The number of hydrogen-bond acceptors (Lipinski definition) is 3. The number of rotatable bonds is 6. The Morgan fingerprint density at radius 1 is 1.29 bits per heavy atom. The zero-order valence-corrected chi connectivity index (χ0v) is 13.7. The predicted octanol–water partition coefficient (Wildman–Crippen LogP) is 3.14. The summed E-state index contributed by atoms with van der Waals surface area (Å²) in [7, 11) is 0. The lowest BCUT2D eigenvalue weighted by atomic mass is 9.96. The van der Waals surface area contributed by atoms with E-state index in [-0.39, 0.29) is 6.04 Å². The SMILES string of the molecule is CCOC1CCCN(C(C)C(N)c2ccc(CC)cc2)C1. The molecule has 0 saturated carbocycles. The Morgan fingerprint density at radius 3 is 2.62 bits per heavy atom. The van der Waals surface area contributed by atoms with E-state index in [1.807, 2.05) is 0 Å². The number of benzene rings is 1. The molecule has 1 aliphatic rings. The monoisotopic (exact) mass is 290 g/mol. The molecule has 3 heteroatoms. The van der Waals surface area contributed by atoms with E-state index in [4.69, 9.17) is 10.5 Å². The molecule has 0 spiro atoms. The Hall–Kier alpha value is -0.900. The van der Waals surface area contributed by atoms with E-state index in [2.05, 4.69) is 49.9 Å². The van der Waals surface area contributed by atoms with Gasteiger partial charge in [-0.2, -0.15) is 0 Å². The van der Waals surface area contributed by atoms with Gasteiger partial charge in [-0.3, -0.25) is 4.90 Å². The molecule has 0 bridgehead atoms. The van der Waals surface area contributed by atoms with Gasteiger partial charge in [0.1, 0.15) is 0 Å². The first-order valence-corrected chi connectivity index (χ1v) is 8.35. The van der Waals surface area contributed by atoms with E-state index >= 15 is 0 Å². The lowest BCUT2D eigenvalue weighted by molar-refractivity contribution is -0.00831. The van der Waals surface area contributed by atoms with Crippen molar-refractivity contribution in [3.8, 4) is 0 Å². The van der Waals surface area contributed by atoms with Crippen molar-refractivity contribution in [3.05, 3.63) is 35.4 Å². The van der Waals surface area contributed by atoms with Crippen molar-refractivity contribution in [1.29, 1.82) is 0 Å². The number of aryl methyl sites for hydroxylation is 1. The molecular formula is C18H30N2O. The molecule has 1 heterocycles. The van der Waals surface area contributed by atoms with Crippen LogP contribution in [0.3, 0.4) is 0 Å². The van der Waals surface area contributed by atoms with Gasteiger partial charge in [-0.1, -0.05) is 31.2 Å². The van der Waals surface area contributed by atoms with Gasteiger partial charge in [0, 0.05) is 25.2 Å². The molecule has 0 aliphatic carbocycles. The summed E-state index contributed by atoms with van der Waals surface area (Å²) in [5.41, 5.74) is 9.10. The van der Waals surface area contributed by atoms with Crippen LogP contribution in [-0.2, 0) is 11.2 Å². The molecule has 1 fully saturated rings. The van der Waals surface area contributed by atoms with Gasteiger partial charge in [0.05, 0.1) is 6.10 Å². The van der Waals surface area contributed by atoms with E-state index in [0.29, 0.717) is 12.1 Å². The molecule has 21 heavy (non-hydrogen) atoms. The highest BCUT2D eigenvalue weighted by Crippen LogP contribution is 2.23. The molecule has 118 valence electrons. The van der Waals surface area contributed by atoms with Crippen LogP contribution in [0.2, 0.25) is 0 Å². The van der Waals surface area contributed by atoms with Crippen LogP contribution in [0.25, 0.3) is 0 Å². The van der Waals surface area contributed by atoms with Crippen molar-refractivity contribution >= 4 is 0 Å². The number of piperidine rings is 1. The molecule has 3 atom stereocenters.